The molecule has 1 N–H and O–H groups in total. The van der Waals surface area contributed by atoms with E-state index in [2.05, 4.69) is 20.9 Å². The van der Waals surface area contributed by atoms with Crippen LogP contribution >= 0.6 is 27.5 Å². The van der Waals surface area contributed by atoms with E-state index in [1.165, 1.54) is 0 Å². The molecule has 0 amide bonds. The first kappa shape index (κ1) is 14.5. The molecule has 0 fully saturated rings. The van der Waals surface area contributed by atoms with Crippen molar-refractivity contribution in [1.29, 1.82) is 0 Å². The van der Waals surface area contributed by atoms with Gasteiger partial charge in [-0.15, -0.1) is 0 Å². The lowest BCUT2D eigenvalue weighted by Gasteiger charge is -2.13. The average Bonchev–Trinajstić information content (AvgIpc) is 2.49. The van der Waals surface area contributed by atoms with Crippen LogP contribution in [0.2, 0.25) is 5.02 Å². The van der Waals surface area contributed by atoms with Crippen molar-refractivity contribution >= 4 is 38.4 Å². The zero-order valence-electron chi connectivity index (χ0n) is 11.1. The molecule has 21 heavy (non-hydrogen) atoms. The smallest absolute Gasteiger partial charge is 0.101 e. The van der Waals surface area contributed by atoms with Gasteiger partial charge in [-0.3, -0.25) is 0 Å². The molecule has 0 saturated carbocycles. The number of benzene rings is 2. The van der Waals surface area contributed by atoms with Gasteiger partial charge in [0, 0.05) is 21.3 Å². The number of aromatic nitrogens is 1. The van der Waals surface area contributed by atoms with Crippen LogP contribution in [0, 0.1) is 0 Å². The third-order valence-corrected chi connectivity index (χ3v) is 4.25. The van der Waals surface area contributed by atoms with Crippen molar-refractivity contribution in [2.75, 3.05) is 0 Å². The van der Waals surface area contributed by atoms with Gasteiger partial charge in [0.1, 0.15) is 6.10 Å². The van der Waals surface area contributed by atoms with Gasteiger partial charge < -0.3 is 5.11 Å². The number of hydrogen-bond acceptors (Lipinski definition) is 2. The fourth-order valence-corrected chi connectivity index (χ4v) is 3.00. The van der Waals surface area contributed by atoms with E-state index >= 15 is 0 Å². The molecule has 0 aliphatic rings. The highest BCUT2D eigenvalue weighted by Crippen LogP contribution is 2.28. The number of rotatable bonds is 3. The summed E-state index contributed by atoms with van der Waals surface area (Å²) >= 11 is 9.37. The third kappa shape index (κ3) is 3.26. The number of aliphatic hydroxyl groups excluding tert-OH is 1. The summed E-state index contributed by atoms with van der Waals surface area (Å²) in [6.07, 6.45) is -0.161. The molecule has 0 saturated heterocycles. The van der Waals surface area contributed by atoms with Crippen molar-refractivity contribution in [3.8, 4) is 0 Å². The molecule has 0 aliphatic heterocycles. The van der Waals surface area contributed by atoms with Crippen molar-refractivity contribution < 1.29 is 5.11 Å². The fourth-order valence-electron chi connectivity index (χ4n) is 2.28. The molecule has 0 bridgehead atoms. The van der Waals surface area contributed by atoms with Gasteiger partial charge in [0.25, 0.3) is 0 Å². The lowest BCUT2D eigenvalue weighted by atomic mass is 10.0. The van der Waals surface area contributed by atoms with E-state index in [1.807, 2.05) is 54.6 Å². The molecule has 0 radical (unpaired) electrons. The second-order valence-electron chi connectivity index (χ2n) is 4.89. The Kier molecular flexibility index (Phi) is 4.24. The summed E-state index contributed by atoms with van der Waals surface area (Å²) in [5.74, 6) is 0. The van der Waals surface area contributed by atoms with Gasteiger partial charge in [0.2, 0.25) is 0 Å². The van der Waals surface area contributed by atoms with Crippen LogP contribution in [0.3, 0.4) is 0 Å². The molecule has 1 aromatic heterocycles. The van der Waals surface area contributed by atoms with Gasteiger partial charge in [-0.25, -0.2) is 4.98 Å². The molecule has 106 valence electrons. The molecule has 0 spiro atoms. The Hall–Kier alpha value is -1.42. The average molecular weight is 363 g/mol. The Bertz CT molecular complexity index is 773. The number of fused-ring (bicyclic) bond motifs is 1. The molecule has 1 atom stereocenters. The second-order valence-corrected chi connectivity index (χ2v) is 6.19. The van der Waals surface area contributed by atoms with E-state index in [0.29, 0.717) is 17.1 Å². The van der Waals surface area contributed by atoms with E-state index in [-0.39, 0.29) is 0 Å². The van der Waals surface area contributed by atoms with E-state index in [1.54, 1.807) is 0 Å². The lowest BCUT2D eigenvalue weighted by Crippen LogP contribution is -2.05. The van der Waals surface area contributed by atoms with Crippen LogP contribution in [0.15, 0.2) is 59.1 Å². The van der Waals surface area contributed by atoms with Crippen molar-refractivity contribution in [3.05, 3.63) is 75.4 Å². The Morgan fingerprint density at radius 1 is 1.10 bits per heavy atom. The first-order valence-electron chi connectivity index (χ1n) is 6.61. The van der Waals surface area contributed by atoms with Crippen LogP contribution in [0.1, 0.15) is 17.4 Å². The van der Waals surface area contributed by atoms with Crippen LogP contribution in [-0.4, -0.2) is 10.1 Å². The van der Waals surface area contributed by atoms with Gasteiger partial charge in [0.15, 0.2) is 0 Å². The molecule has 3 rings (SSSR count). The van der Waals surface area contributed by atoms with Gasteiger partial charge in [-0.1, -0.05) is 41.9 Å². The van der Waals surface area contributed by atoms with Crippen LogP contribution < -0.4 is 0 Å². The lowest BCUT2D eigenvalue weighted by molar-refractivity contribution is 0.173. The molecule has 1 unspecified atom stereocenters. The summed E-state index contributed by atoms with van der Waals surface area (Å²) in [7, 11) is 0. The molecule has 1 heterocycles. The van der Waals surface area contributed by atoms with E-state index < -0.39 is 6.10 Å². The predicted molar refractivity (Wildman–Crippen MR) is 89.6 cm³/mol. The Balaban J connectivity index is 1.91. The zero-order valence-corrected chi connectivity index (χ0v) is 13.5. The highest BCUT2D eigenvalue weighted by atomic mass is 79.9. The van der Waals surface area contributed by atoms with Crippen molar-refractivity contribution in [3.63, 3.8) is 0 Å². The first-order valence-corrected chi connectivity index (χ1v) is 7.78. The van der Waals surface area contributed by atoms with Crippen molar-refractivity contribution in [2.45, 2.75) is 12.5 Å². The van der Waals surface area contributed by atoms with Crippen LogP contribution in [0.5, 0.6) is 0 Å². The Morgan fingerprint density at radius 3 is 2.57 bits per heavy atom. The Labute approximate surface area is 136 Å². The monoisotopic (exact) mass is 361 g/mol. The number of halogens is 2. The summed E-state index contributed by atoms with van der Waals surface area (Å²) < 4.78 is 0.822. The molecule has 3 aromatic rings. The maximum Gasteiger partial charge on any atom is 0.101 e. The SMILES string of the molecule is OC(Cc1ccc(Cl)cc1)c1nc2ccccc2cc1Br. The summed E-state index contributed by atoms with van der Waals surface area (Å²) in [6, 6.07) is 17.3. The summed E-state index contributed by atoms with van der Waals surface area (Å²) in [6.45, 7) is 0. The minimum atomic E-state index is -0.662. The van der Waals surface area contributed by atoms with Gasteiger partial charge >= 0.3 is 0 Å². The van der Waals surface area contributed by atoms with E-state index in [9.17, 15) is 5.11 Å². The summed E-state index contributed by atoms with van der Waals surface area (Å²) in [4.78, 5) is 4.57. The van der Waals surface area contributed by atoms with Gasteiger partial charge in [-0.05, 0) is 45.8 Å². The molecular formula is C17H13BrClNO. The number of pyridine rings is 1. The standard InChI is InChI=1S/C17H13BrClNO/c18-14-10-12-3-1-2-4-15(12)20-17(14)16(21)9-11-5-7-13(19)8-6-11/h1-8,10,16,21H,9H2. The molecular weight excluding hydrogens is 350 g/mol. The van der Waals surface area contributed by atoms with E-state index in [4.69, 9.17) is 11.6 Å². The zero-order chi connectivity index (χ0) is 14.8. The largest absolute Gasteiger partial charge is 0.386 e. The van der Waals surface area contributed by atoms with Crippen molar-refractivity contribution in [2.24, 2.45) is 0 Å². The third-order valence-electron chi connectivity index (χ3n) is 3.36. The van der Waals surface area contributed by atoms with Crippen LogP contribution in [0.25, 0.3) is 10.9 Å². The molecule has 0 aliphatic carbocycles. The van der Waals surface area contributed by atoms with Crippen molar-refractivity contribution in [1.82, 2.24) is 4.98 Å². The van der Waals surface area contributed by atoms with E-state index in [0.717, 1.165) is 20.9 Å². The first-order chi connectivity index (χ1) is 10.1. The topological polar surface area (TPSA) is 33.1 Å². The highest BCUT2D eigenvalue weighted by molar-refractivity contribution is 9.10. The highest BCUT2D eigenvalue weighted by Gasteiger charge is 2.15. The maximum atomic E-state index is 10.5. The minimum Gasteiger partial charge on any atom is -0.386 e. The molecule has 4 heteroatoms. The number of hydrogen-bond donors (Lipinski definition) is 1. The summed E-state index contributed by atoms with van der Waals surface area (Å²) in [5.41, 5.74) is 2.56. The molecule has 2 aromatic carbocycles. The normalized spacial score (nSPS) is 12.5. The maximum absolute atomic E-state index is 10.5. The predicted octanol–water partition coefficient (Wildman–Crippen LogP) is 4.93. The minimum absolute atomic E-state index is 0.501. The quantitative estimate of drug-likeness (QED) is 0.717. The fraction of sp³-hybridized carbons (Fsp3) is 0.118. The Morgan fingerprint density at radius 2 is 1.81 bits per heavy atom. The number of para-hydroxylation sites is 1. The van der Waals surface area contributed by atoms with Gasteiger partial charge in [-0.2, -0.15) is 0 Å². The van der Waals surface area contributed by atoms with Crippen LogP contribution in [-0.2, 0) is 6.42 Å². The second kappa shape index (κ2) is 6.14. The van der Waals surface area contributed by atoms with Gasteiger partial charge in [0.05, 0.1) is 11.2 Å². The number of aliphatic hydroxyl groups is 1. The number of nitrogens with zero attached hydrogens (tertiary/aromatic N) is 1. The molecule has 2 nitrogen and oxygen atoms in total. The summed E-state index contributed by atoms with van der Waals surface area (Å²) in [5, 5.41) is 12.2. The van der Waals surface area contributed by atoms with Crippen LogP contribution in [0.4, 0.5) is 0 Å².